The molecule has 0 radical (unpaired) electrons. The molecule has 0 aliphatic heterocycles. The van der Waals surface area contributed by atoms with Gasteiger partial charge in [0.1, 0.15) is 0 Å². The molecule has 6 rings (SSSR count). The second-order valence-corrected chi connectivity index (χ2v) is 14.2. The molecule has 0 saturated heterocycles. The zero-order valence-corrected chi connectivity index (χ0v) is 25.3. The van der Waals surface area contributed by atoms with E-state index in [-0.39, 0.29) is 20.3 Å². The van der Waals surface area contributed by atoms with Crippen LogP contribution in [0.4, 0.5) is 0 Å². The maximum absolute atomic E-state index is 2.38. The largest absolute Gasteiger partial charge is 1.00 e. The summed E-state index contributed by atoms with van der Waals surface area (Å²) in [5.41, 5.74) is 5.58. The van der Waals surface area contributed by atoms with E-state index < -0.39 is 15.8 Å². The van der Waals surface area contributed by atoms with Crippen LogP contribution in [0.25, 0.3) is 11.1 Å². The van der Waals surface area contributed by atoms with E-state index in [0.29, 0.717) is 0 Å². The van der Waals surface area contributed by atoms with Crippen LogP contribution < -0.4 is 40.1 Å². The zero-order chi connectivity index (χ0) is 27.0. The minimum absolute atomic E-state index is 0. The fraction of sp³-hybridized carbons (Fsp3) is 0.0526. The summed E-state index contributed by atoms with van der Waals surface area (Å²) < 4.78 is 0. The maximum atomic E-state index is 2.38. The first-order chi connectivity index (χ1) is 19.9. The van der Waals surface area contributed by atoms with Crippen LogP contribution in [0.2, 0.25) is 0 Å². The first-order valence-electron chi connectivity index (χ1n) is 13.8. The van der Waals surface area contributed by atoms with Gasteiger partial charge in [-0.1, -0.05) is 170 Å². The van der Waals surface area contributed by atoms with Crippen LogP contribution in [-0.4, -0.2) is 0 Å². The Morgan fingerprint density at radius 2 is 0.732 bits per heavy atom. The fourth-order valence-corrected chi connectivity index (χ4v) is 10.1. The monoisotopic (exact) mass is 558 g/mol. The average molecular weight is 559 g/mol. The van der Waals surface area contributed by atoms with Gasteiger partial charge in [0.25, 0.3) is 0 Å². The molecule has 0 N–H and O–H groups in total. The van der Waals surface area contributed by atoms with Crippen molar-refractivity contribution >= 4 is 37.1 Å². The molecule has 0 unspecified atom stereocenters. The molecular weight excluding hydrogens is 525 g/mol. The first-order valence-corrected chi connectivity index (χ1v) is 16.8. The minimum atomic E-state index is -0.576. The van der Waals surface area contributed by atoms with Crippen molar-refractivity contribution in [3.8, 4) is 11.1 Å². The summed E-state index contributed by atoms with van der Waals surface area (Å²) in [4.78, 5) is 0. The molecule has 196 valence electrons. The average Bonchev–Trinajstić information content (AvgIpc) is 3.05. The summed E-state index contributed by atoms with van der Waals surface area (Å²) in [6.45, 7) is 0. The third-order valence-electron chi connectivity index (χ3n) is 7.27. The first kappa shape index (κ1) is 29.3. The van der Waals surface area contributed by atoms with E-state index in [1.54, 1.807) is 0 Å². The Kier molecular flexibility index (Phi) is 10.4. The molecule has 3 heteroatoms. The van der Waals surface area contributed by atoms with Gasteiger partial charge in [0, 0.05) is 12.3 Å². The Balaban J connectivity index is 0.00000202. The van der Waals surface area contributed by atoms with Crippen LogP contribution in [0.1, 0.15) is 12.6 Å². The predicted octanol–water partition coefficient (Wildman–Crippen LogP) is 5.74. The van der Waals surface area contributed by atoms with Crippen molar-refractivity contribution in [1.29, 1.82) is 0 Å². The summed E-state index contributed by atoms with van der Waals surface area (Å²) in [6.07, 6.45) is 2.03. The summed E-state index contributed by atoms with van der Waals surface area (Å²) >= 11 is 0. The summed E-state index contributed by atoms with van der Waals surface area (Å²) in [5.74, 6) is 0. The third-order valence-corrected chi connectivity index (χ3v) is 12.2. The summed E-state index contributed by atoms with van der Waals surface area (Å²) in [7, 11) is -1.13. The second kappa shape index (κ2) is 14.6. The Bertz CT molecular complexity index is 1550. The molecule has 0 aliphatic carbocycles. The van der Waals surface area contributed by atoms with E-state index in [9.17, 15) is 0 Å². The predicted molar refractivity (Wildman–Crippen MR) is 179 cm³/mol. The number of hydrogen-bond donors (Lipinski definition) is 0. The third kappa shape index (κ3) is 7.17. The molecule has 0 spiro atoms. The van der Waals surface area contributed by atoms with Crippen molar-refractivity contribution < 1.29 is 20.3 Å². The van der Waals surface area contributed by atoms with Gasteiger partial charge in [-0.2, -0.15) is 0 Å². The van der Waals surface area contributed by atoms with Crippen LogP contribution in [0.15, 0.2) is 170 Å². The topological polar surface area (TPSA) is 0 Å². The van der Waals surface area contributed by atoms with Gasteiger partial charge >= 0.3 is 18.9 Å². The number of rotatable bonds is 9. The van der Waals surface area contributed by atoms with Gasteiger partial charge in [-0.25, -0.2) is 0 Å². The van der Waals surface area contributed by atoms with Crippen molar-refractivity contribution in [2.45, 2.75) is 12.3 Å². The standard InChI is InChI=1S/C38H32P2.Li.H/c1-6-17-31(18-7-1)37-28-16-19-32(29-39(33-20-8-2-9-21-33)34-22-10-3-11-23-34)38(37)30-40(35-24-12-4-13-25-35)36-26-14-5-15-27-36;;/h1-28H,29-30H2;;/q;+1;-1. The Labute approximate surface area is 260 Å². The quantitative estimate of drug-likeness (QED) is 0.157. The zero-order valence-electron chi connectivity index (χ0n) is 24.5. The van der Waals surface area contributed by atoms with Crippen LogP contribution in [-0.2, 0) is 12.3 Å². The number of benzene rings is 6. The van der Waals surface area contributed by atoms with Crippen LogP contribution in [0, 0.1) is 0 Å². The smallest absolute Gasteiger partial charge is 1.00 e. The molecule has 0 bridgehead atoms. The van der Waals surface area contributed by atoms with E-state index in [2.05, 4.69) is 170 Å². The van der Waals surface area contributed by atoms with Gasteiger partial charge in [-0.3, -0.25) is 0 Å². The van der Waals surface area contributed by atoms with Crippen molar-refractivity contribution in [1.82, 2.24) is 0 Å². The van der Waals surface area contributed by atoms with Gasteiger partial charge in [-0.15, -0.1) is 0 Å². The Morgan fingerprint density at radius 3 is 1.15 bits per heavy atom. The summed E-state index contributed by atoms with van der Waals surface area (Å²) in [6, 6.07) is 62.3. The van der Waals surface area contributed by atoms with Crippen molar-refractivity contribution in [3.63, 3.8) is 0 Å². The molecule has 0 nitrogen and oxygen atoms in total. The molecule has 0 aliphatic rings. The Hall–Kier alpha value is -3.22. The molecule has 0 aromatic heterocycles. The van der Waals surface area contributed by atoms with E-state index >= 15 is 0 Å². The summed E-state index contributed by atoms with van der Waals surface area (Å²) in [5, 5.41) is 5.69. The van der Waals surface area contributed by atoms with Crippen LogP contribution >= 0.6 is 15.8 Å². The molecule has 0 saturated carbocycles. The van der Waals surface area contributed by atoms with E-state index in [4.69, 9.17) is 0 Å². The van der Waals surface area contributed by atoms with E-state index in [1.165, 1.54) is 43.5 Å². The van der Waals surface area contributed by atoms with E-state index in [0.717, 1.165) is 12.3 Å². The van der Waals surface area contributed by atoms with Gasteiger partial charge in [0.2, 0.25) is 0 Å². The van der Waals surface area contributed by atoms with Gasteiger partial charge in [-0.05, 0) is 59.3 Å². The van der Waals surface area contributed by atoms with Gasteiger partial charge in [0.15, 0.2) is 0 Å². The normalized spacial score (nSPS) is 10.9. The van der Waals surface area contributed by atoms with Crippen LogP contribution in [0.5, 0.6) is 0 Å². The van der Waals surface area contributed by atoms with Crippen molar-refractivity contribution in [2.24, 2.45) is 0 Å². The molecule has 6 aromatic rings. The Morgan fingerprint density at radius 1 is 0.366 bits per heavy atom. The van der Waals surface area contributed by atoms with Crippen molar-refractivity contribution in [3.05, 3.63) is 181 Å². The molecular formula is C38H33LiP2. The van der Waals surface area contributed by atoms with E-state index in [1.807, 2.05) is 0 Å². The van der Waals surface area contributed by atoms with Gasteiger partial charge < -0.3 is 1.43 Å². The SMILES string of the molecule is [H-].[Li+].c1ccc(-c2cccc(CP(c3ccccc3)c3ccccc3)c2CP(c2ccccc2)c2ccccc2)cc1. The molecule has 0 amide bonds. The molecule has 0 atom stereocenters. The maximum Gasteiger partial charge on any atom is 1.00 e. The molecule has 6 aromatic carbocycles. The molecule has 0 heterocycles. The van der Waals surface area contributed by atoms with Crippen LogP contribution in [0.3, 0.4) is 0 Å². The minimum Gasteiger partial charge on any atom is -1.00 e. The molecule has 41 heavy (non-hydrogen) atoms. The van der Waals surface area contributed by atoms with Gasteiger partial charge in [0.05, 0.1) is 0 Å². The van der Waals surface area contributed by atoms with Crippen molar-refractivity contribution in [2.75, 3.05) is 0 Å². The molecule has 0 fully saturated rings. The fourth-order valence-electron chi connectivity index (χ4n) is 5.28. The number of hydrogen-bond acceptors (Lipinski definition) is 0. The second-order valence-electron chi connectivity index (χ2n) is 9.82.